The van der Waals surface area contributed by atoms with E-state index in [0.717, 1.165) is 32.5 Å². The summed E-state index contributed by atoms with van der Waals surface area (Å²) >= 11 is 2.03. The van der Waals surface area contributed by atoms with E-state index >= 15 is 0 Å². The number of likely N-dealkylation sites (N-methyl/N-ethyl adjacent to an activating group) is 2. The van der Waals surface area contributed by atoms with Gasteiger partial charge in [-0.25, -0.2) is 0 Å². The predicted molar refractivity (Wildman–Crippen MR) is 89.0 cm³/mol. The van der Waals surface area contributed by atoms with Gasteiger partial charge in [0.1, 0.15) is 23.0 Å². The fraction of sp³-hybridized carbons (Fsp3) is 0.786. The maximum absolute atomic E-state index is 5.42. The van der Waals surface area contributed by atoms with E-state index in [9.17, 15) is 0 Å². The maximum Gasteiger partial charge on any atom is 0.110 e. The Morgan fingerprint density at radius 1 is 1.45 bits per heavy atom. The van der Waals surface area contributed by atoms with Crippen LogP contribution in [0.1, 0.15) is 42.9 Å². The van der Waals surface area contributed by atoms with Gasteiger partial charge in [-0.15, -0.1) is 0 Å². The van der Waals surface area contributed by atoms with Crippen molar-refractivity contribution in [3.05, 3.63) is 17.5 Å². The van der Waals surface area contributed by atoms with Crippen LogP contribution in [0, 0.1) is 0 Å². The highest BCUT2D eigenvalue weighted by molar-refractivity contribution is 14.1. The molecule has 1 aliphatic carbocycles. The summed E-state index contributed by atoms with van der Waals surface area (Å²) in [4.78, 5) is 2.34. The number of nitrogens with one attached hydrogen (secondary N) is 2. The third kappa shape index (κ3) is 4.41. The molecule has 114 valence electrons. The van der Waals surface area contributed by atoms with Crippen molar-refractivity contribution in [3.63, 3.8) is 0 Å². The molecule has 1 heterocycles. The van der Waals surface area contributed by atoms with E-state index in [0.29, 0.717) is 12.0 Å². The normalized spacial score (nSPS) is 23.4. The van der Waals surface area contributed by atoms with Crippen LogP contribution in [0.4, 0.5) is 0 Å². The first-order chi connectivity index (χ1) is 9.74. The summed E-state index contributed by atoms with van der Waals surface area (Å²) in [7, 11) is 4.15. The van der Waals surface area contributed by atoms with Crippen LogP contribution in [0.5, 0.6) is 0 Å². The first-order valence-corrected chi connectivity index (χ1v) is 8.25. The van der Waals surface area contributed by atoms with E-state index in [1.807, 2.05) is 30.1 Å². The van der Waals surface area contributed by atoms with Crippen LogP contribution in [0.15, 0.2) is 6.20 Å². The molecule has 0 radical (unpaired) electrons. The zero-order valence-corrected chi connectivity index (χ0v) is 14.5. The van der Waals surface area contributed by atoms with E-state index < -0.39 is 0 Å². The Labute approximate surface area is 135 Å². The minimum Gasteiger partial charge on any atom is -0.318 e. The number of aromatic amines is 1. The number of hydrogen-bond donors (Lipinski definition) is 2. The Morgan fingerprint density at radius 3 is 2.85 bits per heavy atom. The lowest BCUT2D eigenvalue weighted by atomic mass is 9.84. The van der Waals surface area contributed by atoms with Crippen LogP contribution in [0.3, 0.4) is 0 Å². The predicted octanol–water partition coefficient (Wildman–Crippen LogP) is 2.45. The Bertz CT molecular complexity index is 390. The van der Waals surface area contributed by atoms with Gasteiger partial charge in [-0.2, -0.15) is 5.10 Å². The Hall–Kier alpha value is -0.180. The molecule has 0 saturated heterocycles. The lowest BCUT2D eigenvalue weighted by Crippen LogP contribution is -2.27. The number of nitrogens with zero attached hydrogens (tertiary/aromatic N) is 2. The second kappa shape index (κ2) is 8.31. The Balaban J connectivity index is 1.91. The fourth-order valence-corrected chi connectivity index (χ4v) is 3.41. The standard InChI is InChI=1S/C14H25IN4O/c1-16-7-8-19(2)10-12-9-17-18-14(12)11-3-5-13(20-15)6-4-11/h9,11,13,16H,3-8,10H2,1-2H3,(H,17,18)/t11-,13-. The van der Waals surface area contributed by atoms with Crippen molar-refractivity contribution in [1.82, 2.24) is 20.4 Å². The molecular formula is C14H25IN4O. The van der Waals surface area contributed by atoms with Crippen molar-refractivity contribution in [2.24, 2.45) is 0 Å². The number of aromatic nitrogens is 2. The molecule has 1 aromatic heterocycles. The average Bonchev–Trinajstić information content (AvgIpc) is 2.93. The summed E-state index contributed by atoms with van der Waals surface area (Å²) in [5.74, 6) is 0.594. The van der Waals surface area contributed by atoms with E-state index in [1.54, 1.807) is 0 Å². The third-order valence-corrected chi connectivity index (χ3v) is 4.84. The lowest BCUT2D eigenvalue weighted by molar-refractivity contribution is 0.200. The molecule has 0 atom stereocenters. The fourth-order valence-electron chi connectivity index (χ4n) is 2.90. The molecule has 6 heteroatoms. The minimum atomic E-state index is 0.438. The number of hydrogen-bond acceptors (Lipinski definition) is 4. The van der Waals surface area contributed by atoms with E-state index in [1.165, 1.54) is 24.1 Å². The summed E-state index contributed by atoms with van der Waals surface area (Å²) in [6, 6.07) is 0. The second-order valence-corrected chi connectivity index (χ2v) is 6.21. The quantitative estimate of drug-likeness (QED) is 0.701. The van der Waals surface area contributed by atoms with Gasteiger partial charge in [0.05, 0.1) is 11.8 Å². The molecule has 5 nitrogen and oxygen atoms in total. The Morgan fingerprint density at radius 2 is 2.20 bits per heavy atom. The van der Waals surface area contributed by atoms with Crippen LogP contribution in [0.2, 0.25) is 0 Å². The SMILES string of the molecule is CNCCN(C)Cc1c[nH]nc1[C@H]1CC[C@H](OI)CC1. The van der Waals surface area contributed by atoms with E-state index in [-0.39, 0.29) is 0 Å². The van der Waals surface area contributed by atoms with Crippen molar-refractivity contribution in [2.75, 3.05) is 27.2 Å². The molecule has 1 aromatic rings. The molecule has 0 unspecified atom stereocenters. The Kier molecular flexibility index (Phi) is 6.73. The molecule has 1 saturated carbocycles. The van der Waals surface area contributed by atoms with Crippen LogP contribution < -0.4 is 5.32 Å². The maximum atomic E-state index is 5.42. The molecule has 2 N–H and O–H groups in total. The van der Waals surface area contributed by atoms with Gasteiger partial charge < -0.3 is 13.3 Å². The molecule has 20 heavy (non-hydrogen) atoms. The van der Waals surface area contributed by atoms with Gasteiger partial charge in [0, 0.05) is 37.3 Å². The summed E-state index contributed by atoms with van der Waals surface area (Å²) < 4.78 is 5.42. The summed E-state index contributed by atoms with van der Waals surface area (Å²) in [5, 5.41) is 10.8. The first-order valence-electron chi connectivity index (χ1n) is 7.37. The van der Waals surface area contributed by atoms with Gasteiger partial charge >= 0.3 is 0 Å². The van der Waals surface area contributed by atoms with Crippen molar-refractivity contribution in [3.8, 4) is 0 Å². The number of H-pyrrole nitrogens is 1. The molecule has 1 fully saturated rings. The smallest absolute Gasteiger partial charge is 0.110 e. The second-order valence-electron chi connectivity index (χ2n) is 5.70. The van der Waals surface area contributed by atoms with Gasteiger partial charge in [0.15, 0.2) is 0 Å². The highest BCUT2D eigenvalue weighted by atomic mass is 127. The van der Waals surface area contributed by atoms with Crippen molar-refractivity contribution in [2.45, 2.75) is 44.2 Å². The van der Waals surface area contributed by atoms with Crippen LogP contribution >= 0.6 is 23.0 Å². The van der Waals surface area contributed by atoms with Gasteiger partial charge in [-0.3, -0.25) is 5.10 Å². The molecule has 0 aromatic carbocycles. The monoisotopic (exact) mass is 392 g/mol. The van der Waals surface area contributed by atoms with E-state index in [4.69, 9.17) is 3.07 Å². The minimum absolute atomic E-state index is 0.438. The van der Waals surface area contributed by atoms with Crippen LogP contribution in [-0.4, -0.2) is 48.4 Å². The highest BCUT2D eigenvalue weighted by Gasteiger charge is 2.26. The van der Waals surface area contributed by atoms with Crippen LogP contribution in [0.25, 0.3) is 0 Å². The first kappa shape index (κ1) is 16.2. The highest BCUT2D eigenvalue weighted by Crippen LogP contribution is 2.35. The molecule has 0 spiro atoms. The lowest BCUT2D eigenvalue weighted by Gasteiger charge is -2.26. The van der Waals surface area contributed by atoms with E-state index in [2.05, 4.69) is 33.7 Å². The number of halogens is 1. The molecule has 0 bridgehead atoms. The molecule has 2 rings (SSSR count). The molecule has 1 aliphatic rings. The summed E-state index contributed by atoms with van der Waals surface area (Å²) in [6.45, 7) is 3.04. The summed E-state index contributed by atoms with van der Waals surface area (Å²) in [5.41, 5.74) is 2.62. The number of rotatable bonds is 7. The van der Waals surface area contributed by atoms with Gasteiger partial charge in [-0.05, 0) is 39.8 Å². The molecule has 0 amide bonds. The van der Waals surface area contributed by atoms with Crippen molar-refractivity contribution >= 4 is 23.0 Å². The average molecular weight is 392 g/mol. The molecular weight excluding hydrogens is 367 g/mol. The zero-order valence-electron chi connectivity index (χ0n) is 12.4. The third-order valence-electron chi connectivity index (χ3n) is 4.12. The molecule has 0 aliphatic heterocycles. The van der Waals surface area contributed by atoms with Gasteiger partial charge in [0.2, 0.25) is 0 Å². The van der Waals surface area contributed by atoms with Crippen molar-refractivity contribution in [1.29, 1.82) is 0 Å². The summed E-state index contributed by atoms with van der Waals surface area (Å²) in [6.07, 6.45) is 7.17. The van der Waals surface area contributed by atoms with Crippen LogP contribution in [-0.2, 0) is 9.61 Å². The van der Waals surface area contributed by atoms with Crippen molar-refractivity contribution < 1.29 is 3.07 Å². The van der Waals surface area contributed by atoms with Gasteiger partial charge in [-0.1, -0.05) is 0 Å². The largest absolute Gasteiger partial charge is 0.318 e. The zero-order chi connectivity index (χ0) is 14.4. The van der Waals surface area contributed by atoms with Gasteiger partial charge in [0.25, 0.3) is 0 Å². The topological polar surface area (TPSA) is 53.2 Å².